The fourth-order valence-electron chi connectivity index (χ4n) is 5.54. The van der Waals surface area contributed by atoms with Crippen LogP contribution in [0, 0.1) is 34.5 Å². The third-order valence-corrected chi connectivity index (χ3v) is 8.11. The van der Waals surface area contributed by atoms with E-state index in [0.717, 1.165) is 23.7 Å². The SMILES string of the molecule is CCCC(C)C(CC1(C)CC1CC)CC1(CCN(C)CC)CC1C. The van der Waals surface area contributed by atoms with Crippen molar-refractivity contribution in [1.82, 2.24) is 4.90 Å². The molecule has 0 aromatic carbocycles. The third-order valence-electron chi connectivity index (χ3n) is 8.11. The Kier molecular flexibility index (Phi) is 6.85. The van der Waals surface area contributed by atoms with Crippen molar-refractivity contribution in [3.63, 3.8) is 0 Å². The molecule has 0 N–H and O–H groups in total. The molecule has 2 saturated carbocycles. The van der Waals surface area contributed by atoms with Crippen LogP contribution in [0.25, 0.3) is 0 Å². The van der Waals surface area contributed by atoms with E-state index in [1.807, 2.05) is 0 Å². The standard InChI is InChI=1S/C23H45N/c1-8-11-18(4)20(15-22(6)17-21(22)9-2)16-23(14-19(23)5)12-13-24(7)10-3/h18-21H,8-17H2,1-7H3. The summed E-state index contributed by atoms with van der Waals surface area (Å²) in [4.78, 5) is 2.51. The van der Waals surface area contributed by atoms with Gasteiger partial charge >= 0.3 is 0 Å². The fourth-order valence-corrected chi connectivity index (χ4v) is 5.54. The quantitative estimate of drug-likeness (QED) is 0.387. The van der Waals surface area contributed by atoms with E-state index in [1.54, 1.807) is 0 Å². The Bertz CT molecular complexity index is 391. The van der Waals surface area contributed by atoms with Gasteiger partial charge in [0.25, 0.3) is 0 Å². The van der Waals surface area contributed by atoms with Crippen molar-refractivity contribution in [2.45, 2.75) is 92.9 Å². The Morgan fingerprint density at radius 1 is 1.12 bits per heavy atom. The molecule has 0 saturated heterocycles. The van der Waals surface area contributed by atoms with E-state index in [9.17, 15) is 0 Å². The summed E-state index contributed by atoms with van der Waals surface area (Å²) in [6.07, 6.45) is 11.6. The largest absolute Gasteiger partial charge is 0.307 e. The summed E-state index contributed by atoms with van der Waals surface area (Å²) in [5.41, 5.74) is 1.37. The predicted molar refractivity (Wildman–Crippen MR) is 107 cm³/mol. The zero-order valence-corrected chi connectivity index (χ0v) is 17.8. The van der Waals surface area contributed by atoms with Gasteiger partial charge in [0.1, 0.15) is 0 Å². The van der Waals surface area contributed by atoms with Gasteiger partial charge in [0.05, 0.1) is 0 Å². The average molecular weight is 336 g/mol. The molecular weight excluding hydrogens is 290 g/mol. The second-order valence-corrected chi connectivity index (χ2v) is 10.0. The highest BCUT2D eigenvalue weighted by atomic mass is 15.1. The molecule has 0 radical (unpaired) electrons. The maximum atomic E-state index is 2.58. The van der Waals surface area contributed by atoms with Gasteiger partial charge in [-0.1, -0.05) is 60.8 Å². The van der Waals surface area contributed by atoms with E-state index in [2.05, 4.69) is 53.5 Å². The van der Waals surface area contributed by atoms with Gasteiger partial charge in [-0.2, -0.15) is 0 Å². The van der Waals surface area contributed by atoms with Crippen molar-refractivity contribution in [1.29, 1.82) is 0 Å². The number of hydrogen-bond acceptors (Lipinski definition) is 1. The van der Waals surface area contributed by atoms with Gasteiger partial charge in [-0.05, 0) is 86.7 Å². The first-order chi connectivity index (χ1) is 11.3. The van der Waals surface area contributed by atoms with Crippen LogP contribution in [0.2, 0.25) is 0 Å². The molecule has 142 valence electrons. The van der Waals surface area contributed by atoms with Crippen molar-refractivity contribution in [3.8, 4) is 0 Å². The van der Waals surface area contributed by atoms with E-state index in [-0.39, 0.29) is 0 Å². The first-order valence-corrected chi connectivity index (χ1v) is 11.0. The summed E-state index contributed by atoms with van der Waals surface area (Å²) in [5.74, 6) is 3.86. The van der Waals surface area contributed by atoms with Crippen LogP contribution in [0.4, 0.5) is 0 Å². The average Bonchev–Trinajstić information content (AvgIpc) is 3.40. The van der Waals surface area contributed by atoms with Gasteiger partial charge in [-0.25, -0.2) is 0 Å². The molecule has 2 aliphatic carbocycles. The van der Waals surface area contributed by atoms with Crippen LogP contribution in [-0.4, -0.2) is 25.0 Å². The summed E-state index contributed by atoms with van der Waals surface area (Å²) in [7, 11) is 2.29. The maximum Gasteiger partial charge on any atom is -0.00165 e. The van der Waals surface area contributed by atoms with Gasteiger partial charge in [0, 0.05) is 0 Å². The van der Waals surface area contributed by atoms with Crippen molar-refractivity contribution in [3.05, 3.63) is 0 Å². The van der Waals surface area contributed by atoms with Crippen LogP contribution in [0.1, 0.15) is 92.9 Å². The molecule has 6 atom stereocenters. The molecule has 6 unspecified atom stereocenters. The third kappa shape index (κ3) is 4.77. The fraction of sp³-hybridized carbons (Fsp3) is 1.00. The summed E-state index contributed by atoms with van der Waals surface area (Å²) in [5, 5.41) is 0. The molecule has 2 aliphatic rings. The molecule has 1 heteroatoms. The van der Waals surface area contributed by atoms with Crippen molar-refractivity contribution >= 4 is 0 Å². The molecule has 0 bridgehead atoms. The first kappa shape index (κ1) is 20.3. The Hall–Kier alpha value is -0.0400. The summed E-state index contributed by atoms with van der Waals surface area (Å²) in [6, 6.07) is 0. The molecule has 0 aromatic heterocycles. The maximum absolute atomic E-state index is 2.58. The smallest absolute Gasteiger partial charge is 0.00165 e. The van der Waals surface area contributed by atoms with Gasteiger partial charge in [0.2, 0.25) is 0 Å². The lowest BCUT2D eigenvalue weighted by Crippen LogP contribution is -2.26. The zero-order chi connectivity index (χ0) is 18.0. The molecule has 0 heterocycles. The van der Waals surface area contributed by atoms with E-state index < -0.39 is 0 Å². The molecule has 1 nitrogen and oxygen atoms in total. The topological polar surface area (TPSA) is 3.24 Å². The van der Waals surface area contributed by atoms with Crippen LogP contribution in [0.5, 0.6) is 0 Å². The number of hydrogen-bond donors (Lipinski definition) is 0. The minimum absolute atomic E-state index is 0.681. The Morgan fingerprint density at radius 3 is 2.25 bits per heavy atom. The summed E-state index contributed by atoms with van der Waals surface area (Å²) < 4.78 is 0. The number of nitrogens with zero attached hydrogens (tertiary/aromatic N) is 1. The normalized spacial score (nSPS) is 37.5. The molecule has 0 spiro atoms. The first-order valence-electron chi connectivity index (χ1n) is 11.0. The van der Waals surface area contributed by atoms with E-state index in [0.29, 0.717) is 10.8 Å². The molecule has 0 amide bonds. The van der Waals surface area contributed by atoms with Gasteiger partial charge in [-0.15, -0.1) is 0 Å². The highest BCUT2D eigenvalue weighted by Gasteiger charge is 2.54. The van der Waals surface area contributed by atoms with Crippen LogP contribution >= 0.6 is 0 Å². The Balaban J connectivity index is 1.98. The lowest BCUT2D eigenvalue weighted by molar-refractivity contribution is 0.179. The van der Waals surface area contributed by atoms with E-state index in [4.69, 9.17) is 0 Å². The van der Waals surface area contributed by atoms with Crippen molar-refractivity contribution in [2.24, 2.45) is 34.5 Å². The van der Waals surface area contributed by atoms with Gasteiger partial charge < -0.3 is 4.90 Å². The van der Waals surface area contributed by atoms with Crippen LogP contribution < -0.4 is 0 Å². The van der Waals surface area contributed by atoms with E-state index in [1.165, 1.54) is 64.5 Å². The van der Waals surface area contributed by atoms with Crippen LogP contribution in [-0.2, 0) is 0 Å². The van der Waals surface area contributed by atoms with E-state index >= 15 is 0 Å². The lowest BCUT2D eigenvalue weighted by Gasteiger charge is -2.32. The Morgan fingerprint density at radius 2 is 1.79 bits per heavy atom. The zero-order valence-electron chi connectivity index (χ0n) is 17.8. The highest BCUT2D eigenvalue weighted by Crippen LogP contribution is 2.64. The molecule has 2 fully saturated rings. The highest BCUT2D eigenvalue weighted by molar-refractivity contribution is 5.04. The minimum Gasteiger partial charge on any atom is -0.307 e. The van der Waals surface area contributed by atoms with Crippen LogP contribution in [0.3, 0.4) is 0 Å². The van der Waals surface area contributed by atoms with Gasteiger partial charge in [-0.3, -0.25) is 0 Å². The molecule has 0 aliphatic heterocycles. The number of rotatable bonds is 12. The lowest BCUT2D eigenvalue weighted by atomic mass is 9.74. The summed E-state index contributed by atoms with van der Waals surface area (Å²) in [6.45, 7) is 17.2. The monoisotopic (exact) mass is 335 g/mol. The molecule has 24 heavy (non-hydrogen) atoms. The Labute approximate surface area is 153 Å². The predicted octanol–water partition coefficient (Wildman–Crippen LogP) is 6.62. The van der Waals surface area contributed by atoms with Crippen molar-refractivity contribution in [2.75, 3.05) is 20.1 Å². The second-order valence-electron chi connectivity index (χ2n) is 10.0. The summed E-state index contributed by atoms with van der Waals surface area (Å²) >= 11 is 0. The van der Waals surface area contributed by atoms with Crippen LogP contribution in [0.15, 0.2) is 0 Å². The molecule has 0 aromatic rings. The minimum atomic E-state index is 0.681. The van der Waals surface area contributed by atoms with Crippen molar-refractivity contribution < 1.29 is 0 Å². The second kappa shape index (κ2) is 8.11. The molecule has 2 rings (SSSR count). The van der Waals surface area contributed by atoms with Gasteiger partial charge in [0.15, 0.2) is 0 Å². The molecular formula is C23H45N.